The maximum Gasteiger partial charge on any atom is 0.230 e. The fourth-order valence-electron chi connectivity index (χ4n) is 1.87. The van der Waals surface area contributed by atoms with Crippen LogP contribution in [0.5, 0.6) is 0 Å². The van der Waals surface area contributed by atoms with Crippen molar-refractivity contribution in [2.75, 3.05) is 18.1 Å². The third-order valence-electron chi connectivity index (χ3n) is 3.14. The van der Waals surface area contributed by atoms with Crippen molar-refractivity contribution >= 4 is 41.0 Å². The van der Waals surface area contributed by atoms with Crippen molar-refractivity contribution in [3.63, 3.8) is 0 Å². The molecule has 0 saturated carbocycles. The molecule has 2 aromatic rings. The Morgan fingerprint density at radius 1 is 1.09 bits per heavy atom. The van der Waals surface area contributed by atoms with Gasteiger partial charge in [0.15, 0.2) is 0 Å². The summed E-state index contributed by atoms with van der Waals surface area (Å²) in [7, 11) is 0. The summed E-state index contributed by atoms with van der Waals surface area (Å²) < 4.78 is 0. The lowest BCUT2D eigenvalue weighted by molar-refractivity contribution is -0.118. The molecule has 0 saturated heterocycles. The SMILES string of the molecule is Cc1ccc(SCC(=O)NCCSCc2ccc(Cl)cc2)cc1. The molecule has 0 aromatic heterocycles. The average Bonchev–Trinajstić information content (AvgIpc) is 2.56. The first-order valence-electron chi connectivity index (χ1n) is 7.42. The average molecular weight is 366 g/mol. The monoisotopic (exact) mass is 365 g/mol. The van der Waals surface area contributed by atoms with Crippen molar-refractivity contribution in [3.8, 4) is 0 Å². The van der Waals surface area contributed by atoms with Gasteiger partial charge in [0.05, 0.1) is 5.75 Å². The van der Waals surface area contributed by atoms with Crippen molar-refractivity contribution in [3.05, 3.63) is 64.7 Å². The molecule has 1 amide bonds. The quantitative estimate of drug-likeness (QED) is 0.538. The lowest BCUT2D eigenvalue weighted by atomic mass is 10.2. The van der Waals surface area contributed by atoms with Crippen molar-refractivity contribution in [1.82, 2.24) is 5.32 Å². The minimum atomic E-state index is 0.0858. The molecule has 2 nitrogen and oxygen atoms in total. The number of benzene rings is 2. The third kappa shape index (κ3) is 7.34. The van der Waals surface area contributed by atoms with Crippen LogP contribution in [0, 0.1) is 6.92 Å². The number of amides is 1. The Bertz CT molecular complexity index is 614. The molecule has 0 atom stereocenters. The van der Waals surface area contributed by atoms with E-state index in [4.69, 9.17) is 11.6 Å². The Balaban J connectivity index is 1.56. The van der Waals surface area contributed by atoms with Gasteiger partial charge >= 0.3 is 0 Å². The van der Waals surface area contributed by atoms with Gasteiger partial charge in [-0.2, -0.15) is 11.8 Å². The Kier molecular flexibility index (Phi) is 7.86. The molecule has 5 heteroatoms. The van der Waals surface area contributed by atoms with Gasteiger partial charge in [0, 0.05) is 28.0 Å². The van der Waals surface area contributed by atoms with E-state index in [0.29, 0.717) is 12.3 Å². The molecular formula is C18H20ClNOS2. The van der Waals surface area contributed by atoms with E-state index in [9.17, 15) is 4.79 Å². The standard InChI is InChI=1S/C18H20ClNOS2/c1-14-2-8-17(9-3-14)23-13-18(21)20-10-11-22-12-15-4-6-16(19)7-5-15/h2-9H,10-13H2,1H3,(H,20,21). The summed E-state index contributed by atoms with van der Waals surface area (Å²) in [4.78, 5) is 12.9. The molecule has 0 unspecified atom stereocenters. The number of halogens is 1. The molecule has 0 aliphatic rings. The van der Waals surface area contributed by atoms with E-state index in [0.717, 1.165) is 21.4 Å². The van der Waals surface area contributed by atoms with Gasteiger partial charge in [0.1, 0.15) is 0 Å². The number of hydrogen-bond acceptors (Lipinski definition) is 3. The third-order valence-corrected chi connectivity index (χ3v) is 5.44. The largest absolute Gasteiger partial charge is 0.355 e. The highest BCUT2D eigenvalue weighted by atomic mass is 35.5. The summed E-state index contributed by atoms with van der Waals surface area (Å²) in [6.07, 6.45) is 0. The number of carbonyl (C=O) groups excluding carboxylic acids is 1. The molecular weight excluding hydrogens is 346 g/mol. The van der Waals surface area contributed by atoms with Crippen LogP contribution >= 0.6 is 35.1 Å². The molecule has 0 heterocycles. The van der Waals surface area contributed by atoms with E-state index >= 15 is 0 Å². The fourth-order valence-corrected chi connectivity index (χ4v) is 3.54. The van der Waals surface area contributed by atoms with Crippen LogP contribution in [-0.4, -0.2) is 24.0 Å². The normalized spacial score (nSPS) is 10.5. The molecule has 2 rings (SSSR count). The zero-order chi connectivity index (χ0) is 16.5. The van der Waals surface area contributed by atoms with Crippen molar-refractivity contribution in [2.45, 2.75) is 17.6 Å². The summed E-state index contributed by atoms with van der Waals surface area (Å²) >= 11 is 9.23. The molecule has 2 aromatic carbocycles. The van der Waals surface area contributed by atoms with Crippen LogP contribution in [0.2, 0.25) is 5.02 Å². The zero-order valence-corrected chi connectivity index (χ0v) is 15.4. The number of rotatable bonds is 8. The van der Waals surface area contributed by atoms with E-state index in [1.807, 2.05) is 24.3 Å². The lowest BCUT2D eigenvalue weighted by Crippen LogP contribution is -2.27. The van der Waals surface area contributed by atoms with Crippen LogP contribution in [0.15, 0.2) is 53.4 Å². The molecule has 0 spiro atoms. The predicted molar refractivity (Wildman–Crippen MR) is 103 cm³/mol. The zero-order valence-electron chi connectivity index (χ0n) is 13.0. The predicted octanol–water partition coefficient (Wildman–Crippen LogP) is 4.79. The van der Waals surface area contributed by atoms with Crippen molar-refractivity contribution < 1.29 is 4.79 Å². The molecule has 23 heavy (non-hydrogen) atoms. The molecule has 0 aliphatic carbocycles. The topological polar surface area (TPSA) is 29.1 Å². The number of hydrogen-bond donors (Lipinski definition) is 1. The molecule has 1 N–H and O–H groups in total. The molecule has 122 valence electrons. The molecule has 0 fully saturated rings. The molecule has 0 bridgehead atoms. The molecule has 0 radical (unpaired) electrons. The van der Waals surface area contributed by atoms with Crippen molar-refractivity contribution in [2.24, 2.45) is 0 Å². The van der Waals surface area contributed by atoms with Gasteiger partial charge in [0.2, 0.25) is 5.91 Å². The van der Waals surface area contributed by atoms with Crippen LogP contribution in [-0.2, 0) is 10.5 Å². The second kappa shape index (κ2) is 9.91. The summed E-state index contributed by atoms with van der Waals surface area (Å²) in [5.74, 6) is 2.39. The maximum atomic E-state index is 11.8. The van der Waals surface area contributed by atoms with Crippen LogP contribution < -0.4 is 5.32 Å². The number of aryl methyl sites for hydroxylation is 1. The number of nitrogens with one attached hydrogen (secondary N) is 1. The van der Waals surface area contributed by atoms with Crippen molar-refractivity contribution in [1.29, 1.82) is 0 Å². The highest BCUT2D eigenvalue weighted by Gasteiger charge is 2.02. The second-order valence-electron chi connectivity index (χ2n) is 5.13. The van der Waals surface area contributed by atoms with E-state index in [2.05, 4.69) is 36.5 Å². The highest BCUT2D eigenvalue weighted by molar-refractivity contribution is 8.00. The van der Waals surface area contributed by atoms with Gasteiger partial charge in [-0.1, -0.05) is 41.4 Å². The molecule has 0 aliphatic heterocycles. The van der Waals surface area contributed by atoms with E-state index in [1.54, 1.807) is 23.5 Å². The minimum absolute atomic E-state index is 0.0858. The minimum Gasteiger partial charge on any atom is -0.355 e. The Morgan fingerprint density at radius 2 is 1.78 bits per heavy atom. The Labute approximate surface area is 151 Å². The van der Waals surface area contributed by atoms with Crippen LogP contribution in [0.1, 0.15) is 11.1 Å². The van der Waals surface area contributed by atoms with Gasteiger partial charge in [-0.3, -0.25) is 4.79 Å². The van der Waals surface area contributed by atoms with Gasteiger partial charge in [-0.25, -0.2) is 0 Å². The first-order chi connectivity index (χ1) is 11.1. The summed E-state index contributed by atoms with van der Waals surface area (Å²) in [6.45, 7) is 2.76. The maximum absolute atomic E-state index is 11.8. The van der Waals surface area contributed by atoms with Crippen LogP contribution in [0.3, 0.4) is 0 Å². The fraction of sp³-hybridized carbons (Fsp3) is 0.278. The van der Waals surface area contributed by atoms with Gasteiger partial charge in [0.25, 0.3) is 0 Å². The van der Waals surface area contributed by atoms with Gasteiger partial charge in [-0.15, -0.1) is 11.8 Å². The smallest absolute Gasteiger partial charge is 0.230 e. The second-order valence-corrected chi connectivity index (χ2v) is 7.72. The Hall–Kier alpha value is -1.10. The summed E-state index contributed by atoms with van der Waals surface area (Å²) in [5, 5.41) is 3.72. The summed E-state index contributed by atoms with van der Waals surface area (Å²) in [5.41, 5.74) is 2.48. The van der Waals surface area contributed by atoms with Crippen LogP contribution in [0.25, 0.3) is 0 Å². The first kappa shape index (κ1) is 18.2. The van der Waals surface area contributed by atoms with E-state index in [-0.39, 0.29) is 5.91 Å². The number of carbonyl (C=O) groups is 1. The lowest BCUT2D eigenvalue weighted by Gasteiger charge is -2.06. The Morgan fingerprint density at radius 3 is 2.48 bits per heavy atom. The van der Waals surface area contributed by atoms with E-state index in [1.165, 1.54) is 11.1 Å². The summed E-state index contributed by atoms with van der Waals surface area (Å²) in [6, 6.07) is 16.1. The van der Waals surface area contributed by atoms with Gasteiger partial charge in [-0.05, 0) is 36.8 Å². The van der Waals surface area contributed by atoms with Crippen LogP contribution in [0.4, 0.5) is 0 Å². The van der Waals surface area contributed by atoms with E-state index < -0.39 is 0 Å². The first-order valence-corrected chi connectivity index (χ1v) is 9.93. The van der Waals surface area contributed by atoms with Gasteiger partial charge < -0.3 is 5.32 Å². The number of thioether (sulfide) groups is 2. The highest BCUT2D eigenvalue weighted by Crippen LogP contribution is 2.18.